The van der Waals surface area contributed by atoms with Crippen LogP contribution in [0.25, 0.3) is 0 Å². The van der Waals surface area contributed by atoms with Gasteiger partial charge in [0.15, 0.2) is 0 Å². The Labute approximate surface area is 106 Å². The van der Waals surface area contributed by atoms with Crippen LogP contribution in [-0.2, 0) is 13.1 Å². The van der Waals surface area contributed by atoms with Crippen LogP contribution >= 0.6 is 11.6 Å². The first-order chi connectivity index (χ1) is 8.20. The summed E-state index contributed by atoms with van der Waals surface area (Å²) in [4.78, 5) is 0. The number of nitrogens with zero attached hydrogens (tertiary/aromatic N) is 2. The van der Waals surface area contributed by atoms with Gasteiger partial charge in [-0.3, -0.25) is 4.68 Å². The van der Waals surface area contributed by atoms with Gasteiger partial charge < -0.3 is 5.32 Å². The van der Waals surface area contributed by atoms with Crippen LogP contribution in [0.3, 0.4) is 0 Å². The highest BCUT2D eigenvalue weighted by molar-refractivity contribution is 6.31. The third-order valence-corrected chi connectivity index (χ3v) is 3.07. The van der Waals surface area contributed by atoms with Gasteiger partial charge in [0.2, 0.25) is 0 Å². The fourth-order valence-electron chi connectivity index (χ4n) is 1.81. The van der Waals surface area contributed by atoms with Crippen molar-refractivity contribution in [2.75, 3.05) is 7.05 Å². The molecule has 0 fully saturated rings. The lowest BCUT2D eigenvalue weighted by Gasteiger charge is -2.03. The van der Waals surface area contributed by atoms with Crippen molar-refractivity contribution in [2.24, 2.45) is 0 Å². The van der Waals surface area contributed by atoms with Crippen LogP contribution in [0.4, 0.5) is 0 Å². The number of aromatic nitrogens is 2. The van der Waals surface area contributed by atoms with Crippen LogP contribution in [0, 0.1) is 6.92 Å². The van der Waals surface area contributed by atoms with E-state index in [1.165, 1.54) is 5.56 Å². The second kappa shape index (κ2) is 5.34. The van der Waals surface area contributed by atoms with Crippen LogP contribution in [0.1, 0.15) is 16.8 Å². The highest BCUT2D eigenvalue weighted by Crippen LogP contribution is 2.16. The highest BCUT2D eigenvalue weighted by Gasteiger charge is 2.05. The number of hydrogen-bond donors (Lipinski definition) is 1. The molecule has 0 spiro atoms. The number of rotatable bonds is 4. The monoisotopic (exact) mass is 249 g/mol. The molecule has 0 radical (unpaired) electrons. The van der Waals surface area contributed by atoms with Gasteiger partial charge in [0.1, 0.15) is 0 Å². The lowest BCUT2D eigenvalue weighted by molar-refractivity contribution is 0.679. The zero-order valence-electron chi connectivity index (χ0n) is 10.1. The Kier molecular flexibility index (Phi) is 3.82. The number of hydrogen-bond acceptors (Lipinski definition) is 2. The number of aryl methyl sites for hydroxylation is 1. The molecule has 1 aromatic heterocycles. The maximum atomic E-state index is 6.13. The lowest BCUT2D eigenvalue weighted by atomic mass is 10.2. The molecule has 0 saturated carbocycles. The van der Waals surface area contributed by atoms with Gasteiger partial charge in [0.05, 0.1) is 12.2 Å². The lowest BCUT2D eigenvalue weighted by Crippen LogP contribution is -2.05. The summed E-state index contributed by atoms with van der Waals surface area (Å²) in [5.74, 6) is 0. The molecule has 0 amide bonds. The first kappa shape index (κ1) is 12.1. The SMILES string of the molecule is CNCc1cn(Cc2ccccc2Cl)nc1C. The van der Waals surface area contributed by atoms with Gasteiger partial charge in [0.25, 0.3) is 0 Å². The van der Waals surface area contributed by atoms with Crippen LogP contribution in [0.2, 0.25) is 5.02 Å². The molecule has 2 aromatic rings. The van der Waals surface area contributed by atoms with E-state index in [0.717, 1.165) is 22.8 Å². The van der Waals surface area contributed by atoms with Crippen molar-refractivity contribution in [1.29, 1.82) is 0 Å². The molecule has 2 rings (SSSR count). The molecular weight excluding hydrogens is 234 g/mol. The normalized spacial score (nSPS) is 10.8. The third-order valence-electron chi connectivity index (χ3n) is 2.71. The smallest absolute Gasteiger partial charge is 0.0674 e. The minimum Gasteiger partial charge on any atom is -0.316 e. The molecule has 0 aliphatic heterocycles. The molecular formula is C13H16ClN3. The Bertz CT molecular complexity index is 505. The van der Waals surface area contributed by atoms with Crippen LogP contribution in [0.15, 0.2) is 30.5 Å². The molecule has 1 aromatic carbocycles. The Morgan fingerprint density at radius 1 is 1.29 bits per heavy atom. The quantitative estimate of drug-likeness (QED) is 0.903. The van der Waals surface area contributed by atoms with Crippen molar-refractivity contribution in [3.63, 3.8) is 0 Å². The molecule has 17 heavy (non-hydrogen) atoms. The Morgan fingerprint density at radius 2 is 2.06 bits per heavy atom. The first-order valence-corrected chi connectivity index (χ1v) is 5.99. The summed E-state index contributed by atoms with van der Waals surface area (Å²) in [6.07, 6.45) is 2.06. The second-order valence-corrected chi connectivity index (χ2v) is 4.47. The van der Waals surface area contributed by atoms with Gasteiger partial charge in [-0.1, -0.05) is 29.8 Å². The van der Waals surface area contributed by atoms with E-state index in [9.17, 15) is 0 Å². The first-order valence-electron chi connectivity index (χ1n) is 5.61. The number of benzene rings is 1. The van der Waals surface area contributed by atoms with E-state index >= 15 is 0 Å². The van der Waals surface area contributed by atoms with E-state index in [1.807, 2.05) is 42.9 Å². The van der Waals surface area contributed by atoms with Crippen LogP contribution in [-0.4, -0.2) is 16.8 Å². The van der Waals surface area contributed by atoms with E-state index < -0.39 is 0 Å². The van der Waals surface area contributed by atoms with Gasteiger partial charge in [-0.2, -0.15) is 5.10 Å². The molecule has 4 heteroatoms. The highest BCUT2D eigenvalue weighted by atomic mass is 35.5. The largest absolute Gasteiger partial charge is 0.316 e. The van der Waals surface area contributed by atoms with Crippen LogP contribution in [0.5, 0.6) is 0 Å². The van der Waals surface area contributed by atoms with Crippen LogP contribution < -0.4 is 5.32 Å². The predicted octanol–water partition coefficient (Wildman–Crippen LogP) is 2.61. The standard InChI is InChI=1S/C13H16ClN3/c1-10-12(7-15-2)9-17(16-10)8-11-5-3-4-6-13(11)14/h3-6,9,15H,7-8H2,1-2H3. The van der Waals surface area contributed by atoms with Gasteiger partial charge in [-0.05, 0) is 25.6 Å². The maximum Gasteiger partial charge on any atom is 0.0674 e. The van der Waals surface area contributed by atoms with E-state index in [-0.39, 0.29) is 0 Å². The van der Waals surface area contributed by atoms with Crippen molar-refractivity contribution in [1.82, 2.24) is 15.1 Å². The average molecular weight is 250 g/mol. The zero-order chi connectivity index (χ0) is 12.3. The minimum atomic E-state index is 0.713. The van der Waals surface area contributed by atoms with Crippen molar-refractivity contribution >= 4 is 11.6 Å². The van der Waals surface area contributed by atoms with E-state index in [1.54, 1.807) is 0 Å². The molecule has 3 nitrogen and oxygen atoms in total. The summed E-state index contributed by atoms with van der Waals surface area (Å²) in [7, 11) is 1.94. The van der Waals surface area contributed by atoms with Crippen molar-refractivity contribution in [3.05, 3.63) is 52.3 Å². The Morgan fingerprint density at radius 3 is 2.76 bits per heavy atom. The van der Waals surface area contributed by atoms with E-state index in [0.29, 0.717) is 6.54 Å². The molecule has 1 N–H and O–H groups in total. The molecule has 0 saturated heterocycles. The summed E-state index contributed by atoms with van der Waals surface area (Å²) in [6.45, 7) is 3.58. The van der Waals surface area contributed by atoms with E-state index in [2.05, 4.69) is 16.6 Å². The van der Waals surface area contributed by atoms with Crippen molar-refractivity contribution in [2.45, 2.75) is 20.0 Å². The fourth-order valence-corrected chi connectivity index (χ4v) is 2.00. The maximum absolute atomic E-state index is 6.13. The molecule has 0 aliphatic carbocycles. The summed E-state index contributed by atoms with van der Waals surface area (Å²) in [5.41, 5.74) is 3.37. The number of halogens is 1. The van der Waals surface area contributed by atoms with Gasteiger partial charge in [-0.15, -0.1) is 0 Å². The summed E-state index contributed by atoms with van der Waals surface area (Å²) >= 11 is 6.13. The molecule has 1 heterocycles. The molecule has 0 bridgehead atoms. The van der Waals surface area contributed by atoms with Gasteiger partial charge in [-0.25, -0.2) is 0 Å². The van der Waals surface area contributed by atoms with Crippen molar-refractivity contribution in [3.8, 4) is 0 Å². The molecule has 90 valence electrons. The topological polar surface area (TPSA) is 29.9 Å². The average Bonchev–Trinajstić information content (AvgIpc) is 2.63. The Balaban J connectivity index is 2.19. The van der Waals surface area contributed by atoms with Crippen molar-refractivity contribution < 1.29 is 0 Å². The predicted molar refractivity (Wildman–Crippen MR) is 70.3 cm³/mol. The Hall–Kier alpha value is -1.32. The molecule has 0 unspecified atom stereocenters. The molecule has 0 atom stereocenters. The van der Waals surface area contributed by atoms with E-state index in [4.69, 9.17) is 11.6 Å². The second-order valence-electron chi connectivity index (χ2n) is 4.06. The zero-order valence-corrected chi connectivity index (χ0v) is 10.8. The third kappa shape index (κ3) is 2.87. The fraction of sp³-hybridized carbons (Fsp3) is 0.308. The summed E-state index contributed by atoms with van der Waals surface area (Å²) < 4.78 is 1.93. The summed E-state index contributed by atoms with van der Waals surface area (Å²) in [6, 6.07) is 7.86. The van der Waals surface area contributed by atoms with Gasteiger partial charge >= 0.3 is 0 Å². The summed E-state index contributed by atoms with van der Waals surface area (Å²) in [5, 5.41) is 8.41. The minimum absolute atomic E-state index is 0.713. The van der Waals surface area contributed by atoms with Gasteiger partial charge in [0, 0.05) is 23.3 Å². The molecule has 0 aliphatic rings. The number of nitrogens with one attached hydrogen (secondary N) is 1.